The zero-order chi connectivity index (χ0) is 23.9. The van der Waals surface area contributed by atoms with Gasteiger partial charge in [0.05, 0.1) is 15.9 Å². The fourth-order valence-corrected chi connectivity index (χ4v) is 7.95. The molecule has 3 aromatic rings. The predicted molar refractivity (Wildman–Crippen MR) is 160 cm³/mol. The van der Waals surface area contributed by atoms with E-state index < -0.39 is 5.97 Å². The quantitative estimate of drug-likeness (QED) is 0.349. The minimum atomic E-state index is -0.804. The van der Waals surface area contributed by atoms with Crippen LogP contribution in [0, 0.1) is 5.92 Å². The molecule has 3 aliphatic rings. The van der Waals surface area contributed by atoms with Crippen molar-refractivity contribution in [3.05, 3.63) is 40.8 Å². The highest BCUT2D eigenvalue weighted by Gasteiger charge is 2.32. The smallest absolute Gasteiger partial charge is 0.345 e. The Hall–Kier alpha value is -1.73. The van der Waals surface area contributed by atoms with E-state index in [0.29, 0.717) is 10.8 Å². The van der Waals surface area contributed by atoms with E-state index in [1.165, 1.54) is 96.6 Å². The van der Waals surface area contributed by atoms with Crippen LogP contribution in [0.5, 0.6) is 0 Å². The van der Waals surface area contributed by atoms with Gasteiger partial charge in [-0.05, 0) is 61.8 Å². The Morgan fingerprint density at radius 2 is 1.78 bits per heavy atom. The number of para-hydroxylation sites is 1. The molecule has 0 amide bonds. The number of nitrogens with zero attached hydrogens (tertiary/aromatic N) is 3. The Balaban J connectivity index is 0.00000160. The van der Waals surface area contributed by atoms with Gasteiger partial charge < -0.3 is 19.5 Å². The van der Waals surface area contributed by atoms with Crippen molar-refractivity contribution in [3.63, 3.8) is 0 Å². The van der Waals surface area contributed by atoms with Crippen molar-refractivity contribution in [3.8, 4) is 11.3 Å². The van der Waals surface area contributed by atoms with Crippen molar-refractivity contribution in [1.82, 2.24) is 9.47 Å². The van der Waals surface area contributed by atoms with E-state index >= 15 is 0 Å². The normalized spacial score (nSPS) is 20.5. The summed E-state index contributed by atoms with van der Waals surface area (Å²) < 4.78 is 3.68. The molecule has 202 valence electrons. The number of hydrogen-bond acceptors (Lipinski definition) is 4. The van der Waals surface area contributed by atoms with Gasteiger partial charge in [0.15, 0.2) is 0 Å². The molecule has 4 heterocycles. The summed E-state index contributed by atoms with van der Waals surface area (Å²) in [5.74, 6) is 0.521. The number of hydrogen-bond donors (Lipinski definition) is 1. The largest absolute Gasteiger partial charge is 0.477 e. The monoisotopic (exact) mass is 563 g/mol. The first-order valence-electron chi connectivity index (χ1n) is 13.6. The molecule has 0 spiro atoms. The van der Waals surface area contributed by atoms with Crippen LogP contribution in [0.4, 0.5) is 5.69 Å². The van der Waals surface area contributed by atoms with Crippen LogP contribution in [0.1, 0.15) is 73.0 Å². The molecule has 1 unspecified atom stereocenters. The molecule has 2 aliphatic heterocycles. The molecule has 1 atom stereocenters. The Morgan fingerprint density at radius 1 is 1.00 bits per heavy atom. The summed E-state index contributed by atoms with van der Waals surface area (Å²) in [7, 11) is 0. The van der Waals surface area contributed by atoms with Crippen LogP contribution in [0.2, 0.25) is 0 Å². The topological polar surface area (TPSA) is 48.7 Å². The molecule has 6 rings (SSSR count). The lowest BCUT2D eigenvalue weighted by atomic mass is 9.83. The third kappa shape index (κ3) is 5.40. The minimum Gasteiger partial charge on any atom is -0.477 e. The average Bonchev–Trinajstić information content (AvgIpc) is 3.38. The number of aromatic nitrogens is 1. The third-order valence-corrected chi connectivity index (χ3v) is 9.66. The molecule has 1 saturated heterocycles. The van der Waals surface area contributed by atoms with Gasteiger partial charge in [-0.1, -0.05) is 44.4 Å². The maximum absolute atomic E-state index is 11.9. The molecular weight excluding hydrogens is 525 g/mol. The van der Waals surface area contributed by atoms with Gasteiger partial charge in [0.1, 0.15) is 4.88 Å². The van der Waals surface area contributed by atoms with Gasteiger partial charge in [-0.3, -0.25) is 0 Å². The molecule has 2 fully saturated rings. The summed E-state index contributed by atoms with van der Waals surface area (Å²) in [4.78, 5) is 17.6. The summed E-state index contributed by atoms with van der Waals surface area (Å²) in [5.41, 5.74) is 6.59. The number of anilines is 1. The number of halogens is 2. The van der Waals surface area contributed by atoms with Gasteiger partial charge in [-0.15, -0.1) is 36.2 Å². The lowest BCUT2D eigenvalue weighted by Gasteiger charge is -2.33. The molecule has 1 N–H and O–H groups in total. The average molecular weight is 565 g/mol. The van der Waals surface area contributed by atoms with Crippen molar-refractivity contribution in [2.24, 2.45) is 5.92 Å². The van der Waals surface area contributed by atoms with Crippen molar-refractivity contribution >= 4 is 58.0 Å². The number of piperidine rings is 1. The second-order valence-corrected chi connectivity index (χ2v) is 12.0. The summed E-state index contributed by atoms with van der Waals surface area (Å²) in [6, 6.07) is 10.9. The molecule has 8 heteroatoms. The second-order valence-electron chi connectivity index (χ2n) is 10.9. The van der Waals surface area contributed by atoms with Crippen molar-refractivity contribution in [1.29, 1.82) is 0 Å². The summed E-state index contributed by atoms with van der Waals surface area (Å²) in [5, 5.41) is 9.77. The first kappa shape index (κ1) is 28.3. The van der Waals surface area contributed by atoms with Crippen LogP contribution < -0.4 is 4.90 Å². The Bertz CT molecular complexity index is 1230. The van der Waals surface area contributed by atoms with E-state index in [1.54, 1.807) is 0 Å². The van der Waals surface area contributed by atoms with E-state index in [4.69, 9.17) is 0 Å². The number of likely N-dealkylation sites (tertiary alicyclic amines) is 1. The highest BCUT2D eigenvalue weighted by molar-refractivity contribution is 7.21. The van der Waals surface area contributed by atoms with E-state index in [1.807, 2.05) is 6.07 Å². The molecule has 1 aliphatic carbocycles. The number of aromatic carboxylic acids is 1. The SMILES string of the molecule is CC1CCCN(CCN2CCn3c(c(C4CCCCC4)c4sc(C(=O)O)cc43)-c3ccccc32)C1.Cl.Cl. The molecule has 5 nitrogen and oxygen atoms in total. The lowest BCUT2D eigenvalue weighted by Crippen LogP contribution is -2.40. The molecule has 1 saturated carbocycles. The van der Waals surface area contributed by atoms with Crippen molar-refractivity contribution in [2.45, 2.75) is 64.3 Å². The molecule has 0 bridgehead atoms. The molecule has 0 radical (unpaired) electrons. The number of carboxylic acid groups (broad SMARTS) is 1. The van der Waals surface area contributed by atoms with Gasteiger partial charge in [-0.25, -0.2) is 4.79 Å². The third-order valence-electron chi connectivity index (χ3n) is 8.52. The maximum Gasteiger partial charge on any atom is 0.345 e. The first-order valence-corrected chi connectivity index (χ1v) is 14.4. The van der Waals surface area contributed by atoms with Gasteiger partial charge in [0, 0.05) is 44.0 Å². The number of fused-ring (bicyclic) bond motifs is 5. The molecule has 1 aromatic carbocycles. The van der Waals surface area contributed by atoms with Gasteiger partial charge in [0.2, 0.25) is 0 Å². The molecule has 37 heavy (non-hydrogen) atoms. The van der Waals surface area contributed by atoms with E-state index in [2.05, 4.69) is 45.6 Å². The number of rotatable bonds is 5. The minimum absolute atomic E-state index is 0. The lowest BCUT2D eigenvalue weighted by molar-refractivity contribution is 0.0702. The Labute approximate surface area is 236 Å². The fourth-order valence-electron chi connectivity index (χ4n) is 6.82. The van der Waals surface area contributed by atoms with Crippen LogP contribution in [0.25, 0.3) is 21.5 Å². The maximum atomic E-state index is 11.9. The van der Waals surface area contributed by atoms with Crippen LogP contribution in [-0.2, 0) is 6.54 Å². The molecule has 2 aromatic heterocycles. The van der Waals surface area contributed by atoms with Crippen LogP contribution in [0.15, 0.2) is 30.3 Å². The fraction of sp³-hybridized carbons (Fsp3) is 0.552. The molecular formula is C29H39Cl2N3O2S. The van der Waals surface area contributed by atoms with E-state index in [0.717, 1.165) is 37.6 Å². The zero-order valence-corrected chi connectivity index (χ0v) is 24.1. The summed E-state index contributed by atoms with van der Waals surface area (Å²) in [6.45, 7) is 8.83. The number of thiophene rings is 1. The van der Waals surface area contributed by atoms with Gasteiger partial charge in [0.25, 0.3) is 0 Å². The number of carboxylic acids is 1. The van der Waals surface area contributed by atoms with E-state index in [9.17, 15) is 9.90 Å². The van der Waals surface area contributed by atoms with Gasteiger partial charge >= 0.3 is 5.97 Å². The van der Waals surface area contributed by atoms with Crippen LogP contribution in [0.3, 0.4) is 0 Å². The van der Waals surface area contributed by atoms with E-state index in [-0.39, 0.29) is 24.8 Å². The standard InChI is InChI=1S/C29H37N3O2S.2ClH/c1-20-8-7-13-30(19-20)14-15-31-16-17-32-24-18-25(29(33)34)35-28(24)26(21-9-3-2-4-10-21)27(32)22-11-5-6-12-23(22)31;;/h5-6,11-12,18,20-21H,2-4,7-10,13-17,19H2,1H3,(H,33,34);2*1H. The highest BCUT2D eigenvalue weighted by atomic mass is 35.5. The predicted octanol–water partition coefficient (Wildman–Crippen LogP) is 7.51. The van der Waals surface area contributed by atoms with Crippen molar-refractivity contribution < 1.29 is 9.90 Å². The number of benzene rings is 1. The number of carbonyl (C=O) groups is 1. The first-order chi connectivity index (χ1) is 17.1. The van der Waals surface area contributed by atoms with Gasteiger partial charge in [-0.2, -0.15) is 0 Å². The van der Waals surface area contributed by atoms with Crippen molar-refractivity contribution in [2.75, 3.05) is 37.6 Å². The van der Waals surface area contributed by atoms with Crippen LogP contribution in [-0.4, -0.2) is 53.3 Å². The highest BCUT2D eigenvalue weighted by Crippen LogP contribution is 2.49. The zero-order valence-electron chi connectivity index (χ0n) is 21.7. The summed E-state index contributed by atoms with van der Waals surface area (Å²) in [6.07, 6.45) is 8.97. The second kappa shape index (κ2) is 12.0. The Kier molecular flexibility index (Phi) is 9.16. The van der Waals surface area contributed by atoms with Crippen LogP contribution >= 0.6 is 36.2 Å². The Morgan fingerprint density at radius 3 is 2.54 bits per heavy atom. The summed E-state index contributed by atoms with van der Waals surface area (Å²) >= 11 is 1.49.